The third-order valence-corrected chi connectivity index (χ3v) is 0. The maximum Gasteiger partial charge on any atom is 0.0563 e. The van der Waals surface area contributed by atoms with E-state index in [1.54, 1.807) is 104 Å². The largest absolute Gasteiger partial charge is 0.391 e. The van der Waals surface area contributed by atoms with Crippen LogP contribution in [-0.4, -0.2) is 53.5 Å². The second-order valence-corrected chi connectivity index (χ2v) is 10.9. The van der Waals surface area contributed by atoms with Crippen LogP contribution < -0.4 is 0 Å². The van der Waals surface area contributed by atoms with Crippen molar-refractivity contribution in [3.05, 3.63) is 0 Å². The zero-order chi connectivity index (χ0) is 22.5. The summed E-state index contributed by atoms with van der Waals surface area (Å²) in [7, 11) is 0. The van der Waals surface area contributed by atoms with Gasteiger partial charge in [-0.2, -0.15) is 0 Å². The predicted octanol–water partition coefficient (Wildman–Crippen LogP) is 3.88. The van der Waals surface area contributed by atoms with Crippen molar-refractivity contribution in [1.29, 1.82) is 0 Å². The van der Waals surface area contributed by atoms with Crippen LogP contribution in [0.1, 0.15) is 104 Å². The molecule has 0 fully saturated rings. The molecule has 26 heavy (non-hydrogen) atoms. The molecule has 0 aromatic rings. The molecule has 0 atom stereocenters. The van der Waals surface area contributed by atoms with E-state index in [2.05, 4.69) is 0 Å². The summed E-state index contributed by atoms with van der Waals surface area (Å²) in [5.74, 6) is 0. The third kappa shape index (κ3) is 90200. The van der Waals surface area contributed by atoms with E-state index < -0.39 is 28.0 Å². The SMILES string of the molecule is CC(C)(C)O.CC(C)(C)O.CC(C)(C)O.CC(C)(C)O.CC(C)(C)O.[V]. The van der Waals surface area contributed by atoms with Gasteiger partial charge in [0.15, 0.2) is 0 Å². The molecule has 0 aliphatic carbocycles. The molecule has 0 aromatic heterocycles. The van der Waals surface area contributed by atoms with Gasteiger partial charge in [-0.15, -0.1) is 0 Å². The minimum Gasteiger partial charge on any atom is -0.391 e. The second kappa shape index (κ2) is 16.3. The number of hydrogen-bond acceptors (Lipinski definition) is 5. The van der Waals surface area contributed by atoms with Crippen LogP contribution in [0.3, 0.4) is 0 Å². The Kier molecular flexibility index (Phi) is 25.7. The van der Waals surface area contributed by atoms with Gasteiger partial charge in [-0.25, -0.2) is 0 Å². The molecule has 0 amide bonds. The molecule has 5 nitrogen and oxygen atoms in total. The maximum atomic E-state index is 8.52. The standard InChI is InChI=1S/5C4H10O.V/c5*1-4(2,3)5;/h5*5H,1-3H3;. The summed E-state index contributed by atoms with van der Waals surface area (Å²) in [6.07, 6.45) is 0. The van der Waals surface area contributed by atoms with E-state index in [4.69, 9.17) is 25.5 Å². The van der Waals surface area contributed by atoms with Crippen molar-refractivity contribution < 1.29 is 44.1 Å². The van der Waals surface area contributed by atoms with Gasteiger partial charge < -0.3 is 25.5 Å². The minimum absolute atomic E-state index is 0. The Hall–Kier alpha value is 0.384. The molecule has 0 saturated heterocycles. The average molecular weight is 422 g/mol. The number of aliphatic hydroxyl groups is 5. The van der Waals surface area contributed by atoms with Gasteiger partial charge in [0.2, 0.25) is 0 Å². The van der Waals surface area contributed by atoms with Gasteiger partial charge >= 0.3 is 0 Å². The van der Waals surface area contributed by atoms with Crippen molar-refractivity contribution in [2.45, 2.75) is 132 Å². The molecule has 0 rings (SSSR count). The molecule has 0 saturated carbocycles. The molecule has 0 aliphatic rings. The molecule has 6 heteroatoms. The first kappa shape index (κ1) is 40.9. The van der Waals surface area contributed by atoms with Crippen LogP contribution in [0.4, 0.5) is 0 Å². The van der Waals surface area contributed by atoms with Crippen LogP contribution in [0.25, 0.3) is 0 Å². The van der Waals surface area contributed by atoms with Gasteiger partial charge in [-0.1, -0.05) is 0 Å². The first-order valence-electron chi connectivity index (χ1n) is 8.62. The van der Waals surface area contributed by atoms with E-state index in [0.29, 0.717) is 0 Å². The Balaban J connectivity index is -0.0000000476. The van der Waals surface area contributed by atoms with Crippen LogP contribution in [0.2, 0.25) is 0 Å². The molecule has 0 aliphatic heterocycles. The third-order valence-electron chi connectivity index (χ3n) is 0. The van der Waals surface area contributed by atoms with E-state index in [1.165, 1.54) is 0 Å². The summed E-state index contributed by atoms with van der Waals surface area (Å²) < 4.78 is 0. The molecule has 0 bridgehead atoms. The fraction of sp³-hybridized carbons (Fsp3) is 1.00. The summed E-state index contributed by atoms with van der Waals surface area (Å²) in [5.41, 5.74) is -2.50. The van der Waals surface area contributed by atoms with Gasteiger partial charge in [0.25, 0.3) is 0 Å². The molecular formula is C20H50O5V. The molecule has 5 N–H and O–H groups in total. The second-order valence-electron chi connectivity index (χ2n) is 10.9. The Bertz CT molecular complexity index is 171. The van der Waals surface area contributed by atoms with Gasteiger partial charge in [-0.05, 0) is 104 Å². The summed E-state index contributed by atoms with van der Waals surface area (Å²) in [5, 5.41) is 42.6. The number of hydrogen-bond donors (Lipinski definition) is 5. The van der Waals surface area contributed by atoms with E-state index >= 15 is 0 Å². The minimum atomic E-state index is -0.500. The summed E-state index contributed by atoms with van der Waals surface area (Å²) in [6.45, 7) is 26.1. The smallest absolute Gasteiger partial charge is 0.0563 e. The predicted molar refractivity (Wildman–Crippen MR) is 110 cm³/mol. The van der Waals surface area contributed by atoms with Crippen molar-refractivity contribution >= 4 is 0 Å². The van der Waals surface area contributed by atoms with Crippen LogP contribution >= 0.6 is 0 Å². The van der Waals surface area contributed by atoms with Crippen LogP contribution in [0, 0.1) is 0 Å². The fourth-order valence-corrected chi connectivity index (χ4v) is 0. The molecular weight excluding hydrogens is 371 g/mol. The normalized spacial score (nSPS) is 11.5. The van der Waals surface area contributed by atoms with Crippen molar-refractivity contribution in [3.8, 4) is 0 Å². The first-order valence-corrected chi connectivity index (χ1v) is 8.62. The van der Waals surface area contributed by atoms with Crippen LogP contribution in [0.15, 0.2) is 0 Å². The van der Waals surface area contributed by atoms with Gasteiger partial charge in [0, 0.05) is 18.6 Å². The zero-order valence-corrected chi connectivity index (χ0v) is 21.6. The monoisotopic (exact) mass is 421 g/mol. The van der Waals surface area contributed by atoms with Gasteiger partial charge in [0.1, 0.15) is 0 Å². The summed E-state index contributed by atoms with van der Waals surface area (Å²) in [6, 6.07) is 0. The average Bonchev–Trinajstić information content (AvgIpc) is 1.79. The fourth-order valence-electron chi connectivity index (χ4n) is 0. The van der Waals surface area contributed by atoms with E-state index in [9.17, 15) is 0 Å². The quantitative estimate of drug-likeness (QED) is 0.409. The first-order chi connectivity index (χ1) is 10.0. The molecule has 1 radical (unpaired) electrons. The van der Waals surface area contributed by atoms with Gasteiger partial charge in [0.05, 0.1) is 28.0 Å². The maximum absolute atomic E-state index is 8.52. The van der Waals surface area contributed by atoms with Crippen molar-refractivity contribution in [1.82, 2.24) is 0 Å². The van der Waals surface area contributed by atoms with Crippen LogP contribution in [0.5, 0.6) is 0 Å². The zero-order valence-electron chi connectivity index (χ0n) is 20.2. The number of rotatable bonds is 0. The molecule has 0 unspecified atom stereocenters. The Morgan fingerprint density at radius 1 is 0.269 bits per heavy atom. The van der Waals surface area contributed by atoms with Crippen LogP contribution in [-0.2, 0) is 18.6 Å². The molecule has 0 spiro atoms. The summed E-state index contributed by atoms with van der Waals surface area (Å²) >= 11 is 0. The van der Waals surface area contributed by atoms with Crippen molar-refractivity contribution in [2.24, 2.45) is 0 Å². The Morgan fingerprint density at radius 2 is 0.269 bits per heavy atom. The molecule has 165 valence electrons. The van der Waals surface area contributed by atoms with Gasteiger partial charge in [-0.3, -0.25) is 0 Å². The summed E-state index contributed by atoms with van der Waals surface area (Å²) in [4.78, 5) is 0. The van der Waals surface area contributed by atoms with E-state index in [-0.39, 0.29) is 18.6 Å². The van der Waals surface area contributed by atoms with Crippen molar-refractivity contribution in [3.63, 3.8) is 0 Å². The molecule has 0 aromatic carbocycles. The van der Waals surface area contributed by atoms with E-state index in [0.717, 1.165) is 0 Å². The molecule has 0 heterocycles. The van der Waals surface area contributed by atoms with E-state index in [1.807, 2.05) is 0 Å². The Morgan fingerprint density at radius 3 is 0.269 bits per heavy atom. The van der Waals surface area contributed by atoms with Crippen molar-refractivity contribution in [2.75, 3.05) is 0 Å². The Labute approximate surface area is 176 Å². The topological polar surface area (TPSA) is 101 Å².